The number of carbonyl (C=O) groups is 2. The fourth-order valence-electron chi connectivity index (χ4n) is 8.43. The van der Waals surface area contributed by atoms with Gasteiger partial charge in [-0.25, -0.2) is 0 Å². The Kier molecular flexibility index (Phi) is 46.0. The third-order valence-corrected chi connectivity index (χ3v) is 12.4. The lowest BCUT2D eigenvalue weighted by atomic mass is 10.0. The number of aliphatic hydroxyl groups is 2. The van der Waals surface area contributed by atoms with E-state index in [4.69, 9.17) is 4.74 Å². The number of aliphatic hydroxyl groups excluding tert-OH is 2. The van der Waals surface area contributed by atoms with E-state index < -0.39 is 18.2 Å². The maximum atomic E-state index is 13.2. The summed E-state index contributed by atoms with van der Waals surface area (Å²) in [6.07, 6.45) is 50.1. The number of rotatable bonds is 48. The molecule has 0 aromatic heterocycles. The van der Waals surface area contributed by atoms with Gasteiger partial charge >= 0.3 is 5.97 Å². The monoisotopic (exact) mass is 822 g/mol. The van der Waals surface area contributed by atoms with Crippen LogP contribution in [0.5, 0.6) is 0 Å². The second kappa shape index (κ2) is 46.9. The number of hydrogen-bond donors (Lipinski definition) is 3. The molecule has 3 atom stereocenters. The highest BCUT2D eigenvalue weighted by Gasteiger charge is 2.24. The molecule has 3 N–H and O–H groups in total. The molecule has 0 radical (unpaired) electrons. The summed E-state index contributed by atoms with van der Waals surface area (Å²) < 4.78 is 5.94. The van der Waals surface area contributed by atoms with Crippen molar-refractivity contribution in [1.82, 2.24) is 5.32 Å². The molecule has 0 fully saturated rings. The Hall–Kier alpha value is -1.14. The normalized spacial score (nSPS) is 13.1. The topological polar surface area (TPSA) is 95.9 Å². The summed E-state index contributed by atoms with van der Waals surface area (Å²) in [6.45, 7) is 6.51. The summed E-state index contributed by atoms with van der Waals surface area (Å²) >= 11 is 0. The third-order valence-electron chi connectivity index (χ3n) is 12.4. The lowest BCUT2D eigenvalue weighted by Crippen LogP contribution is -2.46. The lowest BCUT2D eigenvalue weighted by Gasteiger charge is -2.24. The van der Waals surface area contributed by atoms with Crippen molar-refractivity contribution in [1.29, 1.82) is 0 Å². The van der Waals surface area contributed by atoms with E-state index in [-0.39, 0.29) is 24.9 Å². The Balaban J connectivity index is 4.49. The molecule has 0 aliphatic carbocycles. The second-order valence-electron chi connectivity index (χ2n) is 18.3. The molecule has 6 heteroatoms. The molecule has 3 unspecified atom stereocenters. The van der Waals surface area contributed by atoms with Crippen LogP contribution in [0.1, 0.15) is 297 Å². The van der Waals surface area contributed by atoms with Gasteiger partial charge in [-0.15, -0.1) is 0 Å². The number of unbranched alkanes of at least 4 members (excludes halogenated alkanes) is 36. The molecule has 0 rings (SSSR count). The minimum Gasteiger partial charge on any atom is -0.462 e. The zero-order valence-electron chi connectivity index (χ0n) is 39.5. The molecule has 0 spiro atoms. The Bertz CT molecular complexity index is 837. The van der Waals surface area contributed by atoms with Crippen LogP contribution in [0.25, 0.3) is 0 Å². The number of amides is 1. The fourth-order valence-corrected chi connectivity index (χ4v) is 8.43. The van der Waals surface area contributed by atoms with Gasteiger partial charge in [-0.1, -0.05) is 258 Å². The van der Waals surface area contributed by atoms with E-state index in [1.54, 1.807) is 0 Å². The molecule has 0 aliphatic heterocycles. The van der Waals surface area contributed by atoms with Crippen molar-refractivity contribution in [2.45, 2.75) is 315 Å². The van der Waals surface area contributed by atoms with E-state index in [0.717, 1.165) is 38.5 Å². The predicted molar refractivity (Wildman–Crippen MR) is 250 cm³/mol. The standard InChI is InChI=1S/C52H103NO5/c1-4-7-10-13-16-19-22-25-27-30-33-36-39-42-45-52(57)58-48(43-40-37-34-31-28-24-21-18-15-12-9-6-3)46-51(56)53-49(47-54)50(55)44-41-38-35-32-29-26-23-20-17-14-11-8-5-2/h48-50,54-55H,4-47H2,1-3H3,(H,53,56). The van der Waals surface area contributed by atoms with Crippen LogP contribution in [0.3, 0.4) is 0 Å². The minimum absolute atomic E-state index is 0.0878. The largest absolute Gasteiger partial charge is 0.462 e. The predicted octanol–water partition coefficient (Wildman–Crippen LogP) is 15.6. The minimum atomic E-state index is -0.778. The van der Waals surface area contributed by atoms with Crippen LogP contribution < -0.4 is 5.32 Å². The smallest absolute Gasteiger partial charge is 0.306 e. The molecule has 1 amide bonds. The van der Waals surface area contributed by atoms with Gasteiger partial charge in [-0.05, 0) is 25.7 Å². The van der Waals surface area contributed by atoms with Crippen LogP contribution in [-0.2, 0) is 14.3 Å². The Morgan fingerprint density at radius 1 is 0.431 bits per heavy atom. The lowest BCUT2D eigenvalue weighted by molar-refractivity contribution is -0.151. The van der Waals surface area contributed by atoms with Crippen LogP contribution in [0.15, 0.2) is 0 Å². The summed E-state index contributed by atoms with van der Waals surface area (Å²) in [4.78, 5) is 26.1. The molecular weight excluding hydrogens is 719 g/mol. The molecule has 346 valence electrons. The van der Waals surface area contributed by atoms with Crippen LogP contribution in [-0.4, -0.2) is 46.9 Å². The first-order chi connectivity index (χ1) is 28.5. The number of nitrogens with one attached hydrogen (secondary N) is 1. The van der Waals surface area contributed by atoms with E-state index in [2.05, 4.69) is 26.1 Å². The maximum Gasteiger partial charge on any atom is 0.306 e. The second-order valence-corrected chi connectivity index (χ2v) is 18.3. The van der Waals surface area contributed by atoms with E-state index in [1.165, 1.54) is 212 Å². The Morgan fingerprint density at radius 3 is 1.05 bits per heavy atom. The van der Waals surface area contributed by atoms with Gasteiger partial charge < -0.3 is 20.3 Å². The van der Waals surface area contributed by atoms with Gasteiger partial charge in [0.2, 0.25) is 5.91 Å². The summed E-state index contributed by atoms with van der Waals surface area (Å²) in [5.74, 6) is -0.450. The molecule has 0 aromatic carbocycles. The average molecular weight is 822 g/mol. The fraction of sp³-hybridized carbons (Fsp3) is 0.962. The first-order valence-electron chi connectivity index (χ1n) is 26.3. The van der Waals surface area contributed by atoms with Gasteiger partial charge in [-0.2, -0.15) is 0 Å². The first-order valence-corrected chi connectivity index (χ1v) is 26.3. The molecular formula is C52H103NO5. The SMILES string of the molecule is CCCCCCCCCCCCCCCCC(=O)OC(CCCCCCCCCCCCCC)CC(=O)NC(CO)C(O)CCCCCCCCCCCCCCC. The van der Waals surface area contributed by atoms with Gasteiger partial charge in [0.15, 0.2) is 0 Å². The van der Waals surface area contributed by atoms with Gasteiger partial charge in [0.1, 0.15) is 6.10 Å². The summed E-state index contributed by atoms with van der Waals surface area (Å²) in [5.41, 5.74) is 0. The maximum absolute atomic E-state index is 13.2. The number of hydrogen-bond acceptors (Lipinski definition) is 5. The van der Waals surface area contributed by atoms with Gasteiger partial charge in [-0.3, -0.25) is 9.59 Å². The molecule has 0 aromatic rings. The van der Waals surface area contributed by atoms with E-state index in [0.29, 0.717) is 19.3 Å². The molecule has 58 heavy (non-hydrogen) atoms. The Labute approximate surface area is 362 Å². The number of esters is 1. The molecule has 0 saturated heterocycles. The van der Waals surface area contributed by atoms with Crippen molar-refractivity contribution >= 4 is 11.9 Å². The summed E-state index contributed by atoms with van der Waals surface area (Å²) in [7, 11) is 0. The quantitative estimate of drug-likeness (QED) is 0.0420. The van der Waals surface area contributed by atoms with E-state index >= 15 is 0 Å². The van der Waals surface area contributed by atoms with Gasteiger partial charge in [0.25, 0.3) is 0 Å². The van der Waals surface area contributed by atoms with Crippen molar-refractivity contribution in [3.63, 3.8) is 0 Å². The summed E-state index contributed by atoms with van der Waals surface area (Å²) in [6, 6.07) is -0.691. The number of ether oxygens (including phenoxy) is 1. The van der Waals surface area contributed by atoms with Crippen molar-refractivity contribution in [2.75, 3.05) is 6.61 Å². The van der Waals surface area contributed by atoms with Crippen LogP contribution in [0, 0.1) is 0 Å². The zero-order valence-corrected chi connectivity index (χ0v) is 39.5. The number of carbonyl (C=O) groups excluding carboxylic acids is 2. The summed E-state index contributed by atoms with van der Waals surface area (Å²) in [5, 5.41) is 23.8. The van der Waals surface area contributed by atoms with Gasteiger partial charge in [0, 0.05) is 6.42 Å². The average Bonchev–Trinajstić information content (AvgIpc) is 3.22. The molecule has 6 nitrogen and oxygen atoms in total. The molecule has 0 heterocycles. The Morgan fingerprint density at radius 2 is 0.724 bits per heavy atom. The van der Waals surface area contributed by atoms with Crippen molar-refractivity contribution in [2.24, 2.45) is 0 Å². The third kappa shape index (κ3) is 41.6. The zero-order chi connectivity index (χ0) is 42.4. The van der Waals surface area contributed by atoms with Crippen LogP contribution >= 0.6 is 0 Å². The van der Waals surface area contributed by atoms with Crippen LogP contribution in [0.4, 0.5) is 0 Å². The highest BCUT2D eigenvalue weighted by molar-refractivity contribution is 5.77. The van der Waals surface area contributed by atoms with Crippen LogP contribution in [0.2, 0.25) is 0 Å². The van der Waals surface area contributed by atoms with Gasteiger partial charge in [0.05, 0.1) is 25.2 Å². The molecule has 0 saturated carbocycles. The van der Waals surface area contributed by atoms with Crippen molar-refractivity contribution in [3.05, 3.63) is 0 Å². The van der Waals surface area contributed by atoms with E-state index in [1.807, 2.05) is 0 Å². The molecule has 0 aliphatic rings. The highest BCUT2D eigenvalue weighted by Crippen LogP contribution is 2.19. The highest BCUT2D eigenvalue weighted by atomic mass is 16.5. The van der Waals surface area contributed by atoms with Crippen molar-refractivity contribution in [3.8, 4) is 0 Å². The first kappa shape index (κ1) is 56.9. The van der Waals surface area contributed by atoms with E-state index in [9.17, 15) is 19.8 Å². The molecule has 0 bridgehead atoms. The van der Waals surface area contributed by atoms with Crippen molar-refractivity contribution < 1.29 is 24.5 Å².